The van der Waals surface area contributed by atoms with Crippen molar-refractivity contribution in [2.75, 3.05) is 13.1 Å². The molecule has 1 aliphatic heterocycles. The standard InChI is InChI=1S/C13H24N2O3/c1-4-5-13(3,14)10(16)15-8-6-12(2,7-9-15)11(17)18/h4-9,14H2,1-3H3,(H,17,18). The quantitative estimate of drug-likeness (QED) is 0.792. The van der Waals surface area contributed by atoms with Gasteiger partial charge in [-0.05, 0) is 33.1 Å². The molecule has 5 nitrogen and oxygen atoms in total. The van der Waals surface area contributed by atoms with E-state index >= 15 is 0 Å². The third kappa shape index (κ3) is 3.02. The first kappa shape index (κ1) is 15.0. The van der Waals surface area contributed by atoms with E-state index in [2.05, 4.69) is 0 Å². The van der Waals surface area contributed by atoms with Crippen LogP contribution in [0.25, 0.3) is 0 Å². The fourth-order valence-corrected chi connectivity index (χ4v) is 2.40. The van der Waals surface area contributed by atoms with Gasteiger partial charge in [-0.15, -0.1) is 0 Å². The third-order valence-electron chi connectivity index (χ3n) is 3.93. The third-order valence-corrected chi connectivity index (χ3v) is 3.93. The van der Waals surface area contributed by atoms with Crippen molar-refractivity contribution in [3.63, 3.8) is 0 Å². The van der Waals surface area contributed by atoms with Gasteiger partial charge in [0.05, 0.1) is 11.0 Å². The molecule has 0 spiro atoms. The van der Waals surface area contributed by atoms with Gasteiger partial charge in [0.1, 0.15) is 0 Å². The number of hydrogen-bond donors (Lipinski definition) is 2. The molecular formula is C13H24N2O3. The van der Waals surface area contributed by atoms with Gasteiger partial charge in [0.15, 0.2) is 0 Å². The van der Waals surface area contributed by atoms with Gasteiger partial charge in [0, 0.05) is 13.1 Å². The van der Waals surface area contributed by atoms with E-state index in [1.54, 1.807) is 18.7 Å². The Bertz CT molecular complexity index is 331. The lowest BCUT2D eigenvalue weighted by Crippen LogP contribution is -2.56. The van der Waals surface area contributed by atoms with E-state index in [-0.39, 0.29) is 5.91 Å². The first-order valence-corrected chi connectivity index (χ1v) is 6.54. The average Bonchev–Trinajstić information content (AvgIpc) is 2.29. The minimum Gasteiger partial charge on any atom is -0.481 e. The molecule has 0 aromatic rings. The van der Waals surface area contributed by atoms with Crippen molar-refractivity contribution in [3.05, 3.63) is 0 Å². The van der Waals surface area contributed by atoms with E-state index in [1.807, 2.05) is 6.92 Å². The zero-order chi connectivity index (χ0) is 14.0. The number of rotatable bonds is 4. The van der Waals surface area contributed by atoms with E-state index in [9.17, 15) is 9.59 Å². The van der Waals surface area contributed by atoms with Crippen LogP contribution in [0.3, 0.4) is 0 Å². The summed E-state index contributed by atoms with van der Waals surface area (Å²) in [7, 11) is 0. The van der Waals surface area contributed by atoms with Crippen LogP contribution in [-0.4, -0.2) is 40.5 Å². The van der Waals surface area contributed by atoms with Crippen molar-refractivity contribution < 1.29 is 14.7 Å². The molecule has 0 saturated carbocycles. The van der Waals surface area contributed by atoms with Gasteiger partial charge in [-0.3, -0.25) is 9.59 Å². The Morgan fingerprint density at radius 2 is 1.89 bits per heavy atom. The molecule has 1 saturated heterocycles. The topological polar surface area (TPSA) is 83.6 Å². The van der Waals surface area contributed by atoms with Gasteiger partial charge < -0.3 is 15.7 Å². The lowest BCUT2D eigenvalue weighted by Gasteiger charge is -2.39. The summed E-state index contributed by atoms with van der Waals surface area (Å²) in [6.45, 7) is 6.46. The molecule has 0 aromatic carbocycles. The highest BCUT2D eigenvalue weighted by Crippen LogP contribution is 2.32. The molecular weight excluding hydrogens is 232 g/mol. The van der Waals surface area contributed by atoms with Crippen molar-refractivity contribution in [2.45, 2.75) is 52.0 Å². The van der Waals surface area contributed by atoms with Crippen molar-refractivity contribution in [1.82, 2.24) is 4.90 Å². The fraction of sp³-hybridized carbons (Fsp3) is 0.846. The minimum absolute atomic E-state index is 0.0585. The minimum atomic E-state index is -0.828. The average molecular weight is 256 g/mol. The second-order valence-electron chi connectivity index (χ2n) is 5.83. The van der Waals surface area contributed by atoms with Crippen LogP contribution < -0.4 is 5.73 Å². The normalized spacial score (nSPS) is 22.3. The summed E-state index contributed by atoms with van der Waals surface area (Å²) in [6.07, 6.45) is 2.50. The van der Waals surface area contributed by atoms with Gasteiger partial charge in [-0.1, -0.05) is 13.3 Å². The van der Waals surface area contributed by atoms with Gasteiger partial charge in [-0.25, -0.2) is 0 Å². The number of nitrogens with two attached hydrogens (primary N) is 1. The van der Waals surface area contributed by atoms with Crippen molar-refractivity contribution in [2.24, 2.45) is 11.1 Å². The van der Waals surface area contributed by atoms with E-state index in [0.717, 1.165) is 6.42 Å². The summed E-state index contributed by atoms with van der Waals surface area (Å²) in [5, 5.41) is 9.14. The SMILES string of the molecule is CCCC(C)(N)C(=O)N1CCC(C)(C(=O)O)CC1. The van der Waals surface area contributed by atoms with E-state index in [4.69, 9.17) is 10.8 Å². The summed E-state index contributed by atoms with van der Waals surface area (Å²) in [5.41, 5.74) is 4.49. The highest BCUT2D eigenvalue weighted by molar-refractivity contribution is 5.86. The van der Waals surface area contributed by atoms with Gasteiger partial charge >= 0.3 is 5.97 Å². The molecule has 3 N–H and O–H groups in total. The predicted molar refractivity (Wildman–Crippen MR) is 69.1 cm³/mol. The number of aliphatic carboxylic acids is 1. The summed E-state index contributed by atoms with van der Waals surface area (Å²) in [5.74, 6) is -0.838. The second kappa shape index (κ2) is 5.26. The number of likely N-dealkylation sites (tertiary alicyclic amines) is 1. The fourth-order valence-electron chi connectivity index (χ4n) is 2.40. The molecule has 1 aliphatic rings. The van der Waals surface area contributed by atoms with Crippen LogP contribution >= 0.6 is 0 Å². The Morgan fingerprint density at radius 1 is 1.39 bits per heavy atom. The summed E-state index contributed by atoms with van der Waals surface area (Å²) >= 11 is 0. The monoisotopic (exact) mass is 256 g/mol. The maximum atomic E-state index is 12.2. The number of carbonyl (C=O) groups excluding carboxylic acids is 1. The number of nitrogens with zero attached hydrogens (tertiary/aromatic N) is 1. The van der Waals surface area contributed by atoms with Gasteiger partial charge in [-0.2, -0.15) is 0 Å². The molecule has 0 aliphatic carbocycles. The number of carbonyl (C=O) groups is 2. The van der Waals surface area contributed by atoms with Crippen LogP contribution in [0.5, 0.6) is 0 Å². The van der Waals surface area contributed by atoms with E-state index in [1.165, 1.54) is 0 Å². The molecule has 1 atom stereocenters. The molecule has 1 amide bonds. The molecule has 5 heteroatoms. The number of carboxylic acids is 1. The number of piperidine rings is 1. The summed E-state index contributed by atoms with van der Waals surface area (Å²) in [6, 6.07) is 0. The number of hydrogen-bond acceptors (Lipinski definition) is 3. The maximum absolute atomic E-state index is 12.2. The van der Waals surface area contributed by atoms with E-state index in [0.29, 0.717) is 32.4 Å². The Labute approximate surface area is 108 Å². The van der Waals surface area contributed by atoms with Crippen LogP contribution in [0, 0.1) is 5.41 Å². The van der Waals surface area contributed by atoms with Gasteiger partial charge in [0.2, 0.25) is 5.91 Å². The van der Waals surface area contributed by atoms with Crippen molar-refractivity contribution in [1.29, 1.82) is 0 Å². The smallest absolute Gasteiger partial charge is 0.309 e. The van der Waals surface area contributed by atoms with E-state index < -0.39 is 16.9 Å². The molecule has 0 bridgehead atoms. The molecule has 0 radical (unpaired) electrons. The zero-order valence-electron chi connectivity index (χ0n) is 11.5. The molecule has 104 valence electrons. The Kier molecular flexibility index (Phi) is 4.37. The lowest BCUT2D eigenvalue weighted by molar-refractivity contribution is -0.154. The summed E-state index contributed by atoms with van der Waals surface area (Å²) < 4.78 is 0. The van der Waals surface area contributed by atoms with Gasteiger partial charge in [0.25, 0.3) is 0 Å². The Hall–Kier alpha value is -1.10. The highest BCUT2D eigenvalue weighted by Gasteiger charge is 2.40. The second-order valence-corrected chi connectivity index (χ2v) is 5.83. The first-order valence-electron chi connectivity index (χ1n) is 6.54. The van der Waals surface area contributed by atoms with Crippen LogP contribution in [0.4, 0.5) is 0 Å². The number of amides is 1. The van der Waals surface area contributed by atoms with Crippen LogP contribution in [0.2, 0.25) is 0 Å². The largest absolute Gasteiger partial charge is 0.481 e. The summed E-state index contributed by atoms with van der Waals surface area (Å²) in [4.78, 5) is 25.1. The van der Waals surface area contributed by atoms with Crippen molar-refractivity contribution in [3.8, 4) is 0 Å². The molecule has 1 fully saturated rings. The Balaban J connectivity index is 2.63. The maximum Gasteiger partial charge on any atom is 0.309 e. The molecule has 1 unspecified atom stereocenters. The van der Waals surface area contributed by atoms with Crippen LogP contribution in [0.15, 0.2) is 0 Å². The zero-order valence-corrected chi connectivity index (χ0v) is 11.5. The highest BCUT2D eigenvalue weighted by atomic mass is 16.4. The Morgan fingerprint density at radius 3 is 2.28 bits per heavy atom. The van der Waals surface area contributed by atoms with Crippen LogP contribution in [0.1, 0.15) is 46.5 Å². The molecule has 1 rings (SSSR count). The molecule has 18 heavy (non-hydrogen) atoms. The number of carboxylic acid groups (broad SMARTS) is 1. The van der Waals surface area contributed by atoms with Crippen molar-refractivity contribution >= 4 is 11.9 Å². The first-order chi connectivity index (χ1) is 8.23. The van der Waals surface area contributed by atoms with Crippen LogP contribution in [-0.2, 0) is 9.59 Å². The predicted octanol–water partition coefficient (Wildman–Crippen LogP) is 1.22. The molecule has 1 heterocycles. The lowest BCUT2D eigenvalue weighted by atomic mass is 9.80. The molecule has 0 aromatic heterocycles.